The maximum atomic E-state index is 14.0. The summed E-state index contributed by atoms with van der Waals surface area (Å²) in [4.78, 5) is 14.2. The van der Waals surface area contributed by atoms with E-state index in [1.165, 1.54) is 53.1 Å². The van der Waals surface area contributed by atoms with Crippen LogP contribution in [0.1, 0.15) is 21.5 Å². The molecule has 1 N–H and O–H groups in total. The van der Waals surface area contributed by atoms with Crippen LogP contribution in [-0.2, 0) is 23.0 Å². The van der Waals surface area contributed by atoms with Crippen LogP contribution in [0.2, 0.25) is 0 Å². The molecule has 3 rings (SSSR count). The molecule has 0 spiro atoms. The Morgan fingerprint density at radius 1 is 1.14 bits per heavy atom. The fraction of sp³-hybridized carbons (Fsp3) is 0.278. The minimum Gasteiger partial charge on any atom is -0.496 e. The minimum atomic E-state index is -5.51. The van der Waals surface area contributed by atoms with Gasteiger partial charge in [0.25, 0.3) is 5.91 Å². The van der Waals surface area contributed by atoms with Gasteiger partial charge in [0.1, 0.15) is 11.6 Å². The Hall–Kier alpha value is -2.82. The van der Waals surface area contributed by atoms with Gasteiger partial charge in [0.05, 0.1) is 12.7 Å². The van der Waals surface area contributed by atoms with E-state index in [1.807, 2.05) is 0 Å². The largest absolute Gasteiger partial charge is 0.516 e. The molecule has 0 saturated carbocycles. The molecule has 0 atom stereocenters. The number of sulfonamides is 1. The molecule has 156 valence electrons. The monoisotopic (exact) mass is 432 g/mol. The van der Waals surface area contributed by atoms with E-state index in [1.54, 1.807) is 0 Å². The summed E-state index contributed by atoms with van der Waals surface area (Å²) in [5.74, 6) is -0.660. The third-order valence-corrected chi connectivity index (χ3v) is 5.57. The molecule has 0 aromatic heterocycles. The lowest BCUT2D eigenvalue weighted by Crippen LogP contribution is -2.37. The number of fused-ring (bicyclic) bond motifs is 1. The van der Waals surface area contributed by atoms with Gasteiger partial charge in [0, 0.05) is 24.3 Å². The number of hydrogen-bond donors (Lipinski definition) is 1. The van der Waals surface area contributed by atoms with Crippen LogP contribution in [0, 0.1) is 5.82 Å². The first-order valence-electron chi connectivity index (χ1n) is 8.36. The van der Waals surface area contributed by atoms with Crippen molar-refractivity contribution in [2.75, 3.05) is 18.4 Å². The second-order valence-corrected chi connectivity index (χ2v) is 8.00. The summed E-state index contributed by atoms with van der Waals surface area (Å²) in [5.41, 5.74) is -4.69. The predicted molar refractivity (Wildman–Crippen MR) is 96.4 cm³/mol. The molecule has 1 aliphatic rings. The number of hydrogen-bond acceptors (Lipinski definition) is 4. The van der Waals surface area contributed by atoms with E-state index in [0.29, 0.717) is 5.56 Å². The molecule has 0 saturated heterocycles. The Balaban J connectivity index is 1.77. The van der Waals surface area contributed by atoms with E-state index in [-0.39, 0.29) is 42.1 Å². The van der Waals surface area contributed by atoms with Gasteiger partial charge in [-0.05, 0) is 36.2 Å². The number of methoxy groups -OCH3 is 1. The average molecular weight is 432 g/mol. The van der Waals surface area contributed by atoms with Crippen LogP contribution >= 0.6 is 0 Å². The zero-order valence-electron chi connectivity index (χ0n) is 15.1. The Morgan fingerprint density at radius 3 is 2.38 bits per heavy atom. The number of ether oxygens (including phenoxy) is 1. The molecule has 1 heterocycles. The molecule has 0 aliphatic carbocycles. The van der Waals surface area contributed by atoms with Gasteiger partial charge in [-0.25, -0.2) is 4.39 Å². The number of rotatable bonds is 5. The highest BCUT2D eigenvalue weighted by molar-refractivity contribution is 7.93. The molecule has 0 radical (unpaired) electrons. The average Bonchev–Trinajstić information content (AvgIpc) is 2.65. The fourth-order valence-corrected chi connectivity index (χ4v) is 3.58. The van der Waals surface area contributed by atoms with Crippen LogP contribution in [0.5, 0.6) is 5.75 Å². The first-order valence-corrected chi connectivity index (χ1v) is 9.84. The summed E-state index contributed by atoms with van der Waals surface area (Å²) in [6.45, 7) is 0.364. The lowest BCUT2D eigenvalue weighted by atomic mass is 9.97. The number of halogens is 4. The number of nitrogens with zero attached hydrogens (tertiary/aromatic N) is 1. The number of alkyl halides is 3. The van der Waals surface area contributed by atoms with Gasteiger partial charge in [-0.15, -0.1) is 0 Å². The maximum Gasteiger partial charge on any atom is 0.516 e. The predicted octanol–water partition coefficient (Wildman–Crippen LogP) is 3.29. The van der Waals surface area contributed by atoms with Gasteiger partial charge >= 0.3 is 15.5 Å². The quantitative estimate of drug-likeness (QED) is 0.736. The van der Waals surface area contributed by atoms with Gasteiger partial charge < -0.3 is 9.64 Å². The second kappa shape index (κ2) is 7.54. The van der Waals surface area contributed by atoms with E-state index < -0.39 is 27.3 Å². The summed E-state index contributed by atoms with van der Waals surface area (Å²) in [6.07, 6.45) is 0.285. The summed E-state index contributed by atoms with van der Waals surface area (Å²) in [5, 5.41) is 0. The fourth-order valence-electron chi connectivity index (χ4n) is 3.02. The molecule has 6 nitrogen and oxygen atoms in total. The zero-order chi connectivity index (χ0) is 21.4. The molecular weight excluding hydrogens is 416 g/mol. The van der Waals surface area contributed by atoms with Crippen molar-refractivity contribution in [2.24, 2.45) is 0 Å². The number of benzene rings is 2. The molecule has 2 aromatic rings. The Labute approximate surface area is 164 Å². The third-order valence-electron chi connectivity index (χ3n) is 4.45. The van der Waals surface area contributed by atoms with Gasteiger partial charge in [-0.2, -0.15) is 21.6 Å². The first kappa shape index (κ1) is 20.9. The Kier molecular flexibility index (Phi) is 5.44. The van der Waals surface area contributed by atoms with Crippen LogP contribution < -0.4 is 9.46 Å². The number of amides is 1. The lowest BCUT2D eigenvalue weighted by molar-refractivity contribution is -0.0429. The van der Waals surface area contributed by atoms with Crippen LogP contribution in [0.25, 0.3) is 0 Å². The van der Waals surface area contributed by atoms with Crippen molar-refractivity contribution in [3.8, 4) is 5.75 Å². The highest BCUT2D eigenvalue weighted by Gasteiger charge is 2.46. The standard InChI is InChI=1S/C18H16F4N2O4S/c1-28-15-7-6-14(19)13-8-9-24(17(25)16(13)15)10-11-2-4-12(5-3-11)23-29(26,27)18(20,21)22/h2-7,23H,8-10H2,1H3. The van der Waals surface area contributed by atoms with Gasteiger partial charge in [0.2, 0.25) is 0 Å². The van der Waals surface area contributed by atoms with Crippen LogP contribution in [0.4, 0.5) is 23.2 Å². The van der Waals surface area contributed by atoms with E-state index in [9.17, 15) is 30.8 Å². The van der Waals surface area contributed by atoms with Crippen molar-refractivity contribution in [3.63, 3.8) is 0 Å². The van der Waals surface area contributed by atoms with Gasteiger partial charge in [0.15, 0.2) is 0 Å². The molecule has 11 heteroatoms. The molecule has 0 fully saturated rings. The normalized spacial score (nSPS) is 14.5. The molecule has 2 aromatic carbocycles. The van der Waals surface area contributed by atoms with E-state index in [0.717, 1.165) is 0 Å². The van der Waals surface area contributed by atoms with Crippen molar-refractivity contribution >= 4 is 21.6 Å². The lowest BCUT2D eigenvalue weighted by Gasteiger charge is -2.30. The van der Waals surface area contributed by atoms with Gasteiger partial charge in [-0.3, -0.25) is 9.52 Å². The topological polar surface area (TPSA) is 75.7 Å². The highest BCUT2D eigenvalue weighted by Crippen LogP contribution is 2.31. The van der Waals surface area contributed by atoms with Crippen LogP contribution in [0.15, 0.2) is 36.4 Å². The summed E-state index contributed by atoms with van der Waals surface area (Å²) < 4.78 is 80.2. The third kappa shape index (κ3) is 4.14. The number of carbonyl (C=O) groups is 1. The van der Waals surface area contributed by atoms with Crippen molar-refractivity contribution in [2.45, 2.75) is 18.5 Å². The zero-order valence-corrected chi connectivity index (χ0v) is 15.9. The molecule has 0 unspecified atom stereocenters. The first-order chi connectivity index (χ1) is 13.5. The highest BCUT2D eigenvalue weighted by atomic mass is 32.2. The van der Waals surface area contributed by atoms with Crippen LogP contribution in [-0.4, -0.2) is 38.4 Å². The van der Waals surface area contributed by atoms with Crippen molar-refractivity contribution < 1.29 is 35.5 Å². The van der Waals surface area contributed by atoms with Crippen molar-refractivity contribution in [1.29, 1.82) is 0 Å². The maximum absolute atomic E-state index is 14.0. The minimum absolute atomic E-state index is 0.115. The Bertz CT molecular complexity index is 1040. The Morgan fingerprint density at radius 2 is 1.79 bits per heavy atom. The van der Waals surface area contributed by atoms with E-state index >= 15 is 0 Å². The smallest absolute Gasteiger partial charge is 0.496 e. The SMILES string of the molecule is COc1ccc(F)c2c1C(=O)N(Cc1ccc(NS(=O)(=O)C(F)(F)F)cc1)CC2. The summed E-state index contributed by atoms with van der Waals surface area (Å²) in [7, 11) is -4.13. The molecule has 29 heavy (non-hydrogen) atoms. The van der Waals surface area contributed by atoms with E-state index in [2.05, 4.69) is 0 Å². The van der Waals surface area contributed by atoms with E-state index in [4.69, 9.17) is 4.74 Å². The second-order valence-electron chi connectivity index (χ2n) is 6.33. The van der Waals surface area contributed by atoms with Gasteiger partial charge in [-0.1, -0.05) is 12.1 Å². The number of carbonyl (C=O) groups excluding carboxylic acids is 1. The number of anilines is 1. The van der Waals surface area contributed by atoms with Crippen molar-refractivity contribution in [1.82, 2.24) is 4.90 Å². The molecule has 1 amide bonds. The summed E-state index contributed by atoms with van der Waals surface area (Å²) in [6, 6.07) is 7.75. The molecular formula is C18H16F4N2O4S. The van der Waals surface area contributed by atoms with Crippen LogP contribution in [0.3, 0.4) is 0 Å². The van der Waals surface area contributed by atoms with Crippen molar-refractivity contribution in [3.05, 3.63) is 58.9 Å². The summed E-state index contributed by atoms with van der Waals surface area (Å²) >= 11 is 0. The molecule has 0 bridgehead atoms. The molecule has 1 aliphatic heterocycles. The number of nitrogens with one attached hydrogen (secondary N) is 1.